The summed E-state index contributed by atoms with van der Waals surface area (Å²) in [7, 11) is 1.79. The number of hydrogen-bond donors (Lipinski definition) is 1. The zero-order chi connectivity index (χ0) is 11.6. The highest BCUT2D eigenvalue weighted by molar-refractivity contribution is 5.07. The van der Waals surface area contributed by atoms with E-state index in [4.69, 9.17) is 4.74 Å². The lowest BCUT2D eigenvalue weighted by atomic mass is 10.1. The molecule has 1 N–H and O–H groups in total. The molecule has 0 spiro atoms. The Morgan fingerprint density at radius 2 is 2.38 bits per heavy atom. The number of rotatable bonds is 9. The maximum Gasteiger partial charge on any atom is 0.0615 e. The average Bonchev–Trinajstić information content (AvgIpc) is 2.79. The summed E-state index contributed by atoms with van der Waals surface area (Å²) in [5.74, 6) is 0. The maximum absolute atomic E-state index is 5.25. The summed E-state index contributed by atoms with van der Waals surface area (Å²) in [6.07, 6.45) is 11.4. The monoisotopic (exact) mass is 225 g/mol. The topological polar surface area (TPSA) is 21.3 Å². The smallest absolute Gasteiger partial charge is 0.0615 e. The summed E-state index contributed by atoms with van der Waals surface area (Å²) < 4.78 is 5.25. The molecule has 1 atom stereocenters. The normalized spacial score (nSPS) is 17.5. The van der Waals surface area contributed by atoms with E-state index in [0.717, 1.165) is 13.2 Å². The fourth-order valence-electron chi connectivity index (χ4n) is 2.30. The Hall–Kier alpha value is -0.340. The van der Waals surface area contributed by atoms with Crippen molar-refractivity contribution in [3.05, 3.63) is 11.6 Å². The van der Waals surface area contributed by atoms with Crippen LogP contribution in [0.4, 0.5) is 0 Å². The molecule has 0 aromatic rings. The van der Waals surface area contributed by atoms with E-state index in [2.05, 4.69) is 18.3 Å². The molecule has 0 fully saturated rings. The van der Waals surface area contributed by atoms with E-state index < -0.39 is 0 Å². The third kappa shape index (κ3) is 5.66. The van der Waals surface area contributed by atoms with Gasteiger partial charge in [-0.25, -0.2) is 0 Å². The van der Waals surface area contributed by atoms with Gasteiger partial charge in [-0.2, -0.15) is 0 Å². The minimum atomic E-state index is 0.548. The fourth-order valence-corrected chi connectivity index (χ4v) is 2.30. The van der Waals surface area contributed by atoms with E-state index in [-0.39, 0.29) is 0 Å². The lowest BCUT2D eigenvalue weighted by molar-refractivity contribution is 0.161. The Labute approximate surface area is 100 Å². The van der Waals surface area contributed by atoms with Crippen LogP contribution in [0, 0.1) is 0 Å². The van der Waals surface area contributed by atoms with Crippen LogP contribution in [0.25, 0.3) is 0 Å². The second kappa shape index (κ2) is 8.77. The predicted octanol–water partition coefficient (Wildman–Crippen LogP) is 3.28. The molecular weight excluding hydrogens is 198 g/mol. The molecule has 1 rings (SSSR count). The van der Waals surface area contributed by atoms with E-state index in [0.29, 0.717) is 6.04 Å². The summed E-state index contributed by atoms with van der Waals surface area (Å²) in [5, 5.41) is 3.62. The zero-order valence-electron chi connectivity index (χ0n) is 10.9. The number of nitrogens with one attached hydrogen (secondary N) is 1. The van der Waals surface area contributed by atoms with Crippen LogP contribution >= 0.6 is 0 Å². The molecule has 94 valence electrons. The van der Waals surface area contributed by atoms with Gasteiger partial charge >= 0.3 is 0 Å². The first-order valence-corrected chi connectivity index (χ1v) is 6.77. The van der Waals surface area contributed by atoms with Gasteiger partial charge in [0.25, 0.3) is 0 Å². The Bertz CT molecular complexity index is 201. The van der Waals surface area contributed by atoms with Crippen LogP contribution in [0.5, 0.6) is 0 Å². The van der Waals surface area contributed by atoms with E-state index >= 15 is 0 Å². The van der Waals surface area contributed by atoms with Gasteiger partial charge in [0.2, 0.25) is 0 Å². The van der Waals surface area contributed by atoms with Crippen molar-refractivity contribution in [3.63, 3.8) is 0 Å². The molecule has 0 bridgehead atoms. The van der Waals surface area contributed by atoms with Crippen molar-refractivity contribution in [2.45, 2.75) is 57.9 Å². The number of hydrogen-bond acceptors (Lipinski definition) is 2. The molecule has 0 radical (unpaired) electrons. The largest absolute Gasteiger partial charge is 0.383 e. The van der Waals surface area contributed by atoms with Gasteiger partial charge in [-0.05, 0) is 38.6 Å². The molecular formula is C14H27NO. The first-order valence-electron chi connectivity index (χ1n) is 6.77. The molecule has 0 aromatic carbocycles. The Balaban J connectivity index is 2.10. The molecule has 0 saturated carbocycles. The van der Waals surface area contributed by atoms with Crippen LogP contribution in [0.3, 0.4) is 0 Å². The van der Waals surface area contributed by atoms with Gasteiger partial charge in [0, 0.05) is 13.2 Å². The molecule has 1 aliphatic rings. The van der Waals surface area contributed by atoms with Crippen molar-refractivity contribution < 1.29 is 4.74 Å². The average molecular weight is 225 g/mol. The maximum atomic E-state index is 5.25. The van der Waals surface area contributed by atoms with Crippen molar-refractivity contribution in [3.8, 4) is 0 Å². The molecule has 1 unspecified atom stereocenters. The second-order valence-corrected chi connectivity index (χ2v) is 4.75. The highest BCUT2D eigenvalue weighted by atomic mass is 16.5. The third-order valence-corrected chi connectivity index (χ3v) is 3.29. The van der Waals surface area contributed by atoms with Gasteiger partial charge in [0.1, 0.15) is 0 Å². The third-order valence-electron chi connectivity index (χ3n) is 3.29. The first-order chi connectivity index (χ1) is 7.86. The number of ether oxygens (including phenoxy) is 1. The van der Waals surface area contributed by atoms with Crippen LogP contribution in [0.1, 0.15) is 51.9 Å². The second-order valence-electron chi connectivity index (χ2n) is 4.75. The number of allylic oxidation sites excluding steroid dienone is 1. The zero-order valence-corrected chi connectivity index (χ0v) is 10.9. The van der Waals surface area contributed by atoms with E-state index in [1.807, 2.05) is 0 Å². The van der Waals surface area contributed by atoms with Crippen LogP contribution < -0.4 is 5.32 Å². The highest BCUT2D eigenvalue weighted by Gasteiger charge is 2.08. The van der Waals surface area contributed by atoms with Crippen molar-refractivity contribution in [1.29, 1.82) is 0 Å². The molecule has 2 nitrogen and oxygen atoms in total. The van der Waals surface area contributed by atoms with Gasteiger partial charge < -0.3 is 10.1 Å². The van der Waals surface area contributed by atoms with Gasteiger partial charge in [0.05, 0.1) is 6.61 Å². The fraction of sp³-hybridized carbons (Fsp3) is 0.857. The highest BCUT2D eigenvalue weighted by Crippen LogP contribution is 2.19. The SMILES string of the molecule is CCCCC(COC)NCCC1=CCCC1. The molecule has 1 aliphatic carbocycles. The van der Waals surface area contributed by atoms with Crippen LogP contribution in [0.15, 0.2) is 11.6 Å². The minimum Gasteiger partial charge on any atom is -0.383 e. The van der Waals surface area contributed by atoms with Crippen LogP contribution in [0.2, 0.25) is 0 Å². The number of methoxy groups -OCH3 is 1. The first kappa shape index (κ1) is 13.7. The minimum absolute atomic E-state index is 0.548. The van der Waals surface area contributed by atoms with Gasteiger partial charge in [0.15, 0.2) is 0 Å². The van der Waals surface area contributed by atoms with Crippen LogP contribution in [-0.2, 0) is 4.74 Å². The molecule has 0 heterocycles. The van der Waals surface area contributed by atoms with Crippen molar-refractivity contribution in [2.24, 2.45) is 0 Å². The predicted molar refractivity (Wildman–Crippen MR) is 69.7 cm³/mol. The molecule has 0 aromatic heterocycles. The molecule has 0 amide bonds. The van der Waals surface area contributed by atoms with Gasteiger partial charge in [-0.1, -0.05) is 31.4 Å². The summed E-state index contributed by atoms with van der Waals surface area (Å²) >= 11 is 0. The molecule has 16 heavy (non-hydrogen) atoms. The lowest BCUT2D eigenvalue weighted by Gasteiger charge is -2.17. The Kier molecular flexibility index (Phi) is 7.52. The van der Waals surface area contributed by atoms with Crippen LogP contribution in [-0.4, -0.2) is 26.3 Å². The van der Waals surface area contributed by atoms with Crippen molar-refractivity contribution in [1.82, 2.24) is 5.32 Å². The van der Waals surface area contributed by atoms with Crippen molar-refractivity contribution in [2.75, 3.05) is 20.3 Å². The lowest BCUT2D eigenvalue weighted by Crippen LogP contribution is -2.34. The molecule has 0 saturated heterocycles. The quantitative estimate of drug-likeness (QED) is 0.608. The number of unbranched alkanes of at least 4 members (excludes halogenated alkanes) is 1. The van der Waals surface area contributed by atoms with Crippen molar-refractivity contribution >= 4 is 0 Å². The van der Waals surface area contributed by atoms with E-state index in [9.17, 15) is 0 Å². The Morgan fingerprint density at radius 1 is 1.50 bits per heavy atom. The summed E-state index contributed by atoms with van der Waals surface area (Å²) in [5.41, 5.74) is 1.65. The molecule has 2 heteroatoms. The summed E-state index contributed by atoms with van der Waals surface area (Å²) in [6, 6.07) is 0.548. The van der Waals surface area contributed by atoms with Gasteiger partial charge in [-0.15, -0.1) is 0 Å². The standard InChI is InChI=1S/C14H27NO/c1-3-4-9-14(12-16-2)15-11-10-13-7-5-6-8-13/h7,14-15H,3-6,8-12H2,1-2H3. The molecule has 0 aliphatic heterocycles. The summed E-state index contributed by atoms with van der Waals surface area (Å²) in [6.45, 7) is 4.20. The van der Waals surface area contributed by atoms with Gasteiger partial charge in [-0.3, -0.25) is 0 Å². The summed E-state index contributed by atoms with van der Waals surface area (Å²) in [4.78, 5) is 0. The van der Waals surface area contributed by atoms with E-state index in [1.165, 1.54) is 44.9 Å². The Morgan fingerprint density at radius 3 is 3.00 bits per heavy atom. The van der Waals surface area contributed by atoms with E-state index in [1.54, 1.807) is 12.7 Å².